The summed E-state index contributed by atoms with van der Waals surface area (Å²) in [4.78, 5) is 23.5. The van der Waals surface area contributed by atoms with Crippen molar-refractivity contribution in [2.75, 3.05) is 7.11 Å². The Hall–Kier alpha value is -2.04. The molecule has 0 fully saturated rings. The van der Waals surface area contributed by atoms with E-state index in [9.17, 15) is 14.7 Å². The van der Waals surface area contributed by atoms with Gasteiger partial charge in [-0.15, -0.1) is 6.58 Å². The van der Waals surface area contributed by atoms with Gasteiger partial charge >= 0.3 is 5.97 Å². The van der Waals surface area contributed by atoms with Crippen LogP contribution in [0.25, 0.3) is 0 Å². The lowest BCUT2D eigenvalue weighted by Gasteiger charge is -2.14. The average molecular weight is 249 g/mol. The van der Waals surface area contributed by atoms with Crippen molar-refractivity contribution in [1.82, 2.24) is 4.57 Å². The van der Waals surface area contributed by atoms with E-state index in [-0.39, 0.29) is 5.56 Å². The van der Waals surface area contributed by atoms with E-state index in [1.54, 1.807) is 6.07 Å². The fourth-order valence-corrected chi connectivity index (χ4v) is 2.29. The summed E-state index contributed by atoms with van der Waals surface area (Å²) in [5, 5.41) is 9.92. The Morgan fingerprint density at radius 3 is 3.00 bits per heavy atom. The number of aryl methyl sites for hydroxylation is 1. The van der Waals surface area contributed by atoms with E-state index in [1.165, 1.54) is 17.8 Å². The lowest BCUT2D eigenvalue weighted by molar-refractivity contribution is -0.141. The van der Waals surface area contributed by atoms with Crippen molar-refractivity contribution in [3.63, 3.8) is 0 Å². The number of rotatable bonds is 3. The van der Waals surface area contributed by atoms with Gasteiger partial charge in [0.05, 0.1) is 7.11 Å². The molecule has 0 bridgehead atoms. The van der Waals surface area contributed by atoms with Crippen LogP contribution in [0.4, 0.5) is 0 Å². The normalized spacial score (nSPS) is 14.9. The minimum atomic E-state index is -0.811. The van der Waals surface area contributed by atoms with Crippen LogP contribution in [0.1, 0.15) is 23.6 Å². The van der Waals surface area contributed by atoms with Gasteiger partial charge in [0.2, 0.25) is 0 Å². The van der Waals surface area contributed by atoms with Crippen LogP contribution in [0.2, 0.25) is 0 Å². The molecule has 1 aromatic heterocycles. The molecule has 1 aliphatic rings. The van der Waals surface area contributed by atoms with Crippen LogP contribution in [-0.2, 0) is 22.5 Å². The summed E-state index contributed by atoms with van der Waals surface area (Å²) >= 11 is 0. The largest absolute Gasteiger partial charge is 0.503 e. The van der Waals surface area contributed by atoms with Gasteiger partial charge in [0.25, 0.3) is 5.56 Å². The lowest BCUT2D eigenvalue weighted by Crippen LogP contribution is -2.22. The number of esters is 1. The van der Waals surface area contributed by atoms with Gasteiger partial charge in [-0.05, 0) is 18.9 Å². The Morgan fingerprint density at radius 1 is 1.67 bits per heavy atom. The number of carbonyl (C=O) groups is 1. The minimum absolute atomic E-state index is 0.273. The lowest BCUT2D eigenvalue weighted by atomic mass is 9.98. The predicted octanol–water partition coefficient (Wildman–Crippen LogP) is 0.943. The SMILES string of the molecule is C=CC(C(=O)OC)c1cc2n(c(=O)c1O)CCC2. The second kappa shape index (κ2) is 4.68. The molecule has 1 aromatic rings. The summed E-state index contributed by atoms with van der Waals surface area (Å²) in [5.74, 6) is -1.74. The van der Waals surface area contributed by atoms with Crippen LogP contribution in [0.3, 0.4) is 0 Å². The molecule has 1 unspecified atom stereocenters. The maximum atomic E-state index is 11.9. The molecular weight excluding hydrogens is 234 g/mol. The van der Waals surface area contributed by atoms with Crippen molar-refractivity contribution in [2.45, 2.75) is 25.3 Å². The van der Waals surface area contributed by atoms with E-state index in [1.807, 2.05) is 0 Å². The van der Waals surface area contributed by atoms with Crippen molar-refractivity contribution < 1.29 is 14.6 Å². The van der Waals surface area contributed by atoms with E-state index < -0.39 is 23.2 Å². The molecule has 2 heterocycles. The highest BCUT2D eigenvalue weighted by Gasteiger charge is 2.26. The van der Waals surface area contributed by atoms with E-state index in [2.05, 4.69) is 11.3 Å². The molecule has 0 amide bonds. The van der Waals surface area contributed by atoms with Crippen LogP contribution < -0.4 is 5.56 Å². The second-order valence-electron chi connectivity index (χ2n) is 4.24. The third kappa shape index (κ3) is 1.81. The summed E-state index contributed by atoms with van der Waals surface area (Å²) < 4.78 is 6.18. The molecule has 0 aliphatic carbocycles. The number of nitrogens with zero attached hydrogens (tertiary/aromatic N) is 1. The molecule has 0 saturated carbocycles. The summed E-state index contributed by atoms with van der Waals surface area (Å²) in [6.45, 7) is 4.16. The zero-order valence-electron chi connectivity index (χ0n) is 10.2. The molecule has 2 rings (SSSR count). The Morgan fingerprint density at radius 2 is 2.39 bits per heavy atom. The highest BCUT2D eigenvalue weighted by atomic mass is 16.5. The van der Waals surface area contributed by atoms with Crippen LogP contribution in [0.15, 0.2) is 23.5 Å². The fourth-order valence-electron chi connectivity index (χ4n) is 2.29. The highest BCUT2D eigenvalue weighted by molar-refractivity contribution is 5.81. The predicted molar refractivity (Wildman–Crippen MR) is 65.6 cm³/mol. The van der Waals surface area contributed by atoms with Gasteiger partial charge in [-0.1, -0.05) is 6.08 Å². The molecule has 5 nitrogen and oxygen atoms in total. The van der Waals surface area contributed by atoms with Gasteiger partial charge in [-0.2, -0.15) is 0 Å². The molecule has 1 atom stereocenters. The Labute approximate surface area is 104 Å². The first-order valence-electron chi connectivity index (χ1n) is 5.76. The maximum absolute atomic E-state index is 11.9. The molecule has 1 N–H and O–H groups in total. The first-order valence-corrected chi connectivity index (χ1v) is 5.76. The molecule has 5 heteroatoms. The topological polar surface area (TPSA) is 68.5 Å². The van der Waals surface area contributed by atoms with Gasteiger partial charge in [-0.3, -0.25) is 9.59 Å². The highest BCUT2D eigenvalue weighted by Crippen LogP contribution is 2.28. The molecule has 1 aliphatic heterocycles. The summed E-state index contributed by atoms with van der Waals surface area (Å²) in [7, 11) is 1.26. The number of hydrogen-bond acceptors (Lipinski definition) is 4. The molecule has 0 spiro atoms. The third-order valence-corrected chi connectivity index (χ3v) is 3.23. The number of methoxy groups -OCH3 is 1. The van der Waals surface area contributed by atoms with E-state index in [4.69, 9.17) is 0 Å². The number of ether oxygens (including phenoxy) is 1. The van der Waals surface area contributed by atoms with Crippen molar-refractivity contribution >= 4 is 5.97 Å². The average Bonchev–Trinajstić information content (AvgIpc) is 2.84. The number of hydrogen-bond donors (Lipinski definition) is 1. The number of fused-ring (bicyclic) bond motifs is 1. The maximum Gasteiger partial charge on any atom is 0.317 e. The number of carbonyl (C=O) groups excluding carboxylic acids is 1. The molecule has 0 radical (unpaired) electrons. The van der Waals surface area contributed by atoms with Gasteiger partial charge in [-0.25, -0.2) is 0 Å². The molecular formula is C13H15NO4. The number of aromatic hydroxyl groups is 1. The van der Waals surface area contributed by atoms with Crippen LogP contribution in [-0.4, -0.2) is 22.8 Å². The summed E-state index contributed by atoms with van der Waals surface area (Å²) in [6.07, 6.45) is 3.01. The minimum Gasteiger partial charge on any atom is -0.503 e. The smallest absolute Gasteiger partial charge is 0.317 e. The van der Waals surface area contributed by atoms with Crippen LogP contribution in [0.5, 0.6) is 5.75 Å². The fraction of sp³-hybridized carbons (Fsp3) is 0.385. The van der Waals surface area contributed by atoms with Crippen molar-refractivity contribution in [1.29, 1.82) is 0 Å². The van der Waals surface area contributed by atoms with Crippen LogP contribution >= 0.6 is 0 Å². The third-order valence-electron chi connectivity index (χ3n) is 3.23. The first kappa shape index (κ1) is 12.4. The monoisotopic (exact) mass is 249 g/mol. The van der Waals surface area contributed by atoms with Gasteiger partial charge in [0.1, 0.15) is 5.92 Å². The van der Waals surface area contributed by atoms with Gasteiger partial charge in [0.15, 0.2) is 5.75 Å². The molecule has 0 saturated heterocycles. The van der Waals surface area contributed by atoms with E-state index in [0.29, 0.717) is 6.54 Å². The van der Waals surface area contributed by atoms with Crippen LogP contribution in [0, 0.1) is 0 Å². The van der Waals surface area contributed by atoms with E-state index >= 15 is 0 Å². The molecule has 96 valence electrons. The van der Waals surface area contributed by atoms with Crippen molar-refractivity contribution in [3.05, 3.63) is 40.3 Å². The standard InChI is InChI=1S/C13H15NO4/c1-3-9(13(17)18-2)10-7-8-5-4-6-14(8)12(16)11(10)15/h3,7,9,15H,1,4-6H2,2H3. The van der Waals surface area contributed by atoms with E-state index in [0.717, 1.165) is 18.5 Å². The number of aromatic nitrogens is 1. The molecule has 18 heavy (non-hydrogen) atoms. The molecule has 0 aromatic carbocycles. The quantitative estimate of drug-likeness (QED) is 0.639. The summed E-state index contributed by atoms with van der Waals surface area (Å²) in [5.41, 5.74) is 0.661. The van der Waals surface area contributed by atoms with Crippen molar-refractivity contribution in [3.8, 4) is 5.75 Å². The zero-order valence-corrected chi connectivity index (χ0v) is 10.2. The van der Waals surface area contributed by atoms with Gasteiger partial charge < -0.3 is 14.4 Å². The first-order chi connectivity index (χ1) is 8.60. The van der Waals surface area contributed by atoms with Gasteiger partial charge in [0, 0.05) is 17.8 Å². The van der Waals surface area contributed by atoms with Crippen molar-refractivity contribution in [2.24, 2.45) is 0 Å². The number of pyridine rings is 1. The Balaban J connectivity index is 2.58. The Bertz CT molecular complexity index is 559. The summed E-state index contributed by atoms with van der Waals surface area (Å²) in [6, 6.07) is 1.69. The Kier molecular flexibility index (Phi) is 3.23. The zero-order chi connectivity index (χ0) is 13.3. The second-order valence-corrected chi connectivity index (χ2v) is 4.24.